The molecule has 46 heavy (non-hydrogen) atoms. The summed E-state index contributed by atoms with van der Waals surface area (Å²) in [4.78, 5) is 43.5. The van der Waals surface area contributed by atoms with Crippen LogP contribution in [0.15, 0.2) is 109 Å². The predicted molar refractivity (Wildman–Crippen MR) is 176 cm³/mol. The van der Waals surface area contributed by atoms with Gasteiger partial charge in [-0.25, -0.2) is 14.6 Å². The normalized spacial score (nSPS) is 16.7. The fourth-order valence-electron chi connectivity index (χ4n) is 5.72. The van der Waals surface area contributed by atoms with E-state index in [1.165, 1.54) is 4.90 Å². The van der Waals surface area contributed by atoms with Gasteiger partial charge in [-0.3, -0.25) is 9.69 Å². The lowest BCUT2D eigenvalue weighted by Crippen LogP contribution is -2.53. The molecule has 1 aliphatic rings. The van der Waals surface area contributed by atoms with Gasteiger partial charge < -0.3 is 31.5 Å². The summed E-state index contributed by atoms with van der Waals surface area (Å²) in [5.41, 5.74) is 8.75. The fraction of sp³-hybridized carbons (Fsp3) is 0.257. The number of rotatable bonds is 12. The van der Waals surface area contributed by atoms with Crippen LogP contribution in [0.1, 0.15) is 29.0 Å². The Balaban J connectivity index is 1.23. The lowest BCUT2D eigenvalue weighted by Gasteiger charge is -2.33. The number of carbonyl (C=O) groups excluding carboxylic acids is 2. The Morgan fingerprint density at radius 3 is 2.17 bits per heavy atom. The molecule has 1 aliphatic heterocycles. The number of carboxylic acid groups (broad SMARTS) is 1. The maximum Gasteiger partial charge on any atom is 0.405 e. The number of urea groups is 1. The summed E-state index contributed by atoms with van der Waals surface area (Å²) < 4.78 is 6.14. The van der Waals surface area contributed by atoms with Gasteiger partial charge in [0, 0.05) is 36.9 Å². The van der Waals surface area contributed by atoms with Crippen LogP contribution in [0.4, 0.5) is 21.1 Å². The van der Waals surface area contributed by atoms with Gasteiger partial charge in [-0.15, -0.1) is 0 Å². The fourth-order valence-corrected chi connectivity index (χ4v) is 5.72. The summed E-state index contributed by atoms with van der Waals surface area (Å²) in [7, 11) is 0. The van der Waals surface area contributed by atoms with Crippen molar-refractivity contribution in [2.45, 2.75) is 36.9 Å². The number of nitrogens with one attached hydrogen (secondary N) is 3. The number of ether oxygens (including phenoxy) is 1. The van der Waals surface area contributed by atoms with Crippen molar-refractivity contribution in [2.24, 2.45) is 5.73 Å². The first-order valence-corrected chi connectivity index (χ1v) is 15.2. The van der Waals surface area contributed by atoms with E-state index in [1.807, 2.05) is 84.9 Å². The Kier molecular flexibility index (Phi) is 10.9. The first-order chi connectivity index (χ1) is 22.4. The molecule has 6 N–H and O–H groups in total. The molecule has 0 saturated carbocycles. The number of anilines is 2. The molecule has 3 aromatic carbocycles. The molecular weight excluding hydrogens is 584 g/mol. The average molecular weight is 623 g/mol. The highest BCUT2D eigenvalue weighted by Crippen LogP contribution is 2.30. The number of morpholine rings is 1. The van der Waals surface area contributed by atoms with Crippen LogP contribution in [0, 0.1) is 0 Å². The molecule has 0 spiro atoms. The van der Waals surface area contributed by atoms with Crippen molar-refractivity contribution in [3.05, 3.63) is 126 Å². The molecule has 0 bridgehead atoms. The largest absolute Gasteiger partial charge is 0.465 e. The second-order valence-electron chi connectivity index (χ2n) is 11.1. The topological polar surface area (TPSA) is 159 Å². The molecule has 0 radical (unpaired) electrons. The van der Waals surface area contributed by atoms with E-state index in [-0.39, 0.29) is 12.1 Å². The monoisotopic (exact) mass is 622 g/mol. The van der Waals surface area contributed by atoms with E-state index in [2.05, 4.69) is 20.9 Å². The minimum Gasteiger partial charge on any atom is -0.465 e. The zero-order valence-electron chi connectivity index (χ0n) is 25.3. The standard InChI is InChI=1S/C35H38N6O5/c36-34(43)41(30-17-9-10-20-37-30)22-27-23-46-28(21-38-27)19-18-24-11-7-8-16-29(24)39-33(42)32(40-35(44)45)31(25-12-3-1-4-13-25)26-14-5-2-6-15-26/h1-17,20,27-28,31-32,38,40H,18-19,21-23H2,(H2,36,43)(H,39,42)(H,44,45)/t27-,28-,32+/m1/s1. The Bertz CT molecular complexity index is 1540. The molecule has 1 saturated heterocycles. The van der Waals surface area contributed by atoms with E-state index < -0.39 is 30.0 Å². The minimum atomic E-state index is -1.29. The van der Waals surface area contributed by atoms with Gasteiger partial charge in [0.1, 0.15) is 11.9 Å². The quantitative estimate of drug-likeness (QED) is 0.157. The Morgan fingerprint density at radius 1 is 0.935 bits per heavy atom. The second kappa shape index (κ2) is 15.6. The molecule has 11 heteroatoms. The molecule has 11 nitrogen and oxygen atoms in total. The molecular formula is C35H38N6O5. The zero-order valence-corrected chi connectivity index (χ0v) is 25.3. The number of hydrogen-bond acceptors (Lipinski definition) is 6. The highest BCUT2D eigenvalue weighted by atomic mass is 16.5. The number of nitrogens with two attached hydrogens (primary N) is 1. The number of hydrogen-bond donors (Lipinski definition) is 5. The predicted octanol–water partition coefficient (Wildman–Crippen LogP) is 4.36. The number of aromatic nitrogens is 1. The maximum absolute atomic E-state index is 13.9. The first-order valence-electron chi connectivity index (χ1n) is 15.2. The van der Waals surface area contributed by atoms with Crippen molar-refractivity contribution >= 4 is 29.5 Å². The lowest BCUT2D eigenvalue weighted by molar-refractivity contribution is -0.118. The van der Waals surface area contributed by atoms with Gasteiger partial charge in [0.2, 0.25) is 5.91 Å². The maximum atomic E-state index is 13.9. The number of carbonyl (C=O) groups is 3. The number of amides is 4. The molecule has 238 valence electrons. The number of benzene rings is 3. The van der Waals surface area contributed by atoms with Crippen LogP contribution >= 0.6 is 0 Å². The van der Waals surface area contributed by atoms with Crippen molar-refractivity contribution in [3.8, 4) is 0 Å². The summed E-state index contributed by atoms with van der Waals surface area (Å²) in [6.45, 7) is 1.30. The molecule has 4 amide bonds. The van der Waals surface area contributed by atoms with Gasteiger partial charge in [-0.05, 0) is 47.7 Å². The number of nitrogens with zero attached hydrogens (tertiary/aromatic N) is 2. The van der Waals surface area contributed by atoms with Gasteiger partial charge in [0.05, 0.1) is 12.7 Å². The summed E-state index contributed by atoms with van der Waals surface area (Å²) in [6.07, 6.45) is 1.54. The molecule has 0 aliphatic carbocycles. The van der Waals surface area contributed by atoms with Crippen molar-refractivity contribution in [1.29, 1.82) is 0 Å². The summed E-state index contributed by atoms with van der Waals surface area (Å²) in [5, 5.41) is 18.7. The van der Waals surface area contributed by atoms with Gasteiger partial charge in [0.15, 0.2) is 0 Å². The third-order valence-electron chi connectivity index (χ3n) is 7.99. The highest BCUT2D eigenvalue weighted by molar-refractivity contribution is 5.98. The molecule has 2 heterocycles. The third-order valence-corrected chi connectivity index (χ3v) is 7.99. The smallest absolute Gasteiger partial charge is 0.405 e. The van der Waals surface area contributed by atoms with E-state index in [1.54, 1.807) is 24.4 Å². The van der Waals surface area contributed by atoms with Gasteiger partial charge in [-0.1, -0.05) is 84.9 Å². The molecule has 0 unspecified atom stereocenters. The Labute approximate surface area is 267 Å². The Hall–Kier alpha value is -5.26. The summed E-state index contributed by atoms with van der Waals surface area (Å²) in [5.74, 6) is -0.529. The number of para-hydroxylation sites is 1. The number of primary amides is 1. The van der Waals surface area contributed by atoms with Crippen LogP contribution in [0.2, 0.25) is 0 Å². The van der Waals surface area contributed by atoms with E-state index in [9.17, 15) is 19.5 Å². The molecule has 1 fully saturated rings. The minimum absolute atomic E-state index is 0.0844. The van der Waals surface area contributed by atoms with E-state index in [0.717, 1.165) is 16.7 Å². The van der Waals surface area contributed by atoms with E-state index in [0.29, 0.717) is 44.0 Å². The molecule has 5 rings (SSSR count). The van der Waals surface area contributed by atoms with E-state index in [4.69, 9.17) is 10.5 Å². The Morgan fingerprint density at radius 2 is 1.59 bits per heavy atom. The van der Waals surface area contributed by atoms with Crippen LogP contribution in [-0.4, -0.2) is 66.0 Å². The van der Waals surface area contributed by atoms with E-state index >= 15 is 0 Å². The highest BCUT2D eigenvalue weighted by Gasteiger charge is 2.33. The molecule has 4 aromatic rings. The van der Waals surface area contributed by atoms with Crippen molar-refractivity contribution in [2.75, 3.05) is 29.9 Å². The average Bonchev–Trinajstić information content (AvgIpc) is 3.08. The number of pyridine rings is 1. The van der Waals surface area contributed by atoms with Crippen LogP contribution < -0.4 is 26.6 Å². The van der Waals surface area contributed by atoms with Crippen molar-refractivity contribution < 1.29 is 24.2 Å². The van der Waals surface area contributed by atoms with Crippen LogP contribution in [-0.2, 0) is 16.0 Å². The first kappa shape index (κ1) is 32.1. The van der Waals surface area contributed by atoms with Gasteiger partial charge >= 0.3 is 12.1 Å². The van der Waals surface area contributed by atoms with Gasteiger partial charge in [-0.2, -0.15) is 0 Å². The SMILES string of the molecule is NC(=O)N(C[C@@H]1CO[C@H](CCc2ccccc2NC(=O)[C@@H](NC(=O)O)C(c2ccccc2)c2ccccc2)CN1)c1ccccn1. The summed E-state index contributed by atoms with van der Waals surface area (Å²) in [6, 6.07) is 29.8. The van der Waals surface area contributed by atoms with Crippen LogP contribution in [0.5, 0.6) is 0 Å². The summed E-state index contributed by atoms with van der Waals surface area (Å²) >= 11 is 0. The lowest BCUT2D eigenvalue weighted by atomic mass is 9.84. The van der Waals surface area contributed by atoms with Crippen LogP contribution in [0.3, 0.4) is 0 Å². The third kappa shape index (κ3) is 8.46. The molecule has 1 aromatic heterocycles. The zero-order chi connectivity index (χ0) is 32.3. The number of aryl methyl sites for hydroxylation is 1. The van der Waals surface area contributed by atoms with Gasteiger partial charge in [0.25, 0.3) is 0 Å². The second-order valence-corrected chi connectivity index (χ2v) is 11.1. The van der Waals surface area contributed by atoms with Crippen molar-refractivity contribution in [1.82, 2.24) is 15.6 Å². The molecule has 3 atom stereocenters. The van der Waals surface area contributed by atoms with Crippen molar-refractivity contribution in [3.63, 3.8) is 0 Å². The van der Waals surface area contributed by atoms with Crippen LogP contribution in [0.25, 0.3) is 0 Å².